The Balaban J connectivity index is 2.74. The number of amides is 1. The summed E-state index contributed by atoms with van der Waals surface area (Å²) in [6.07, 6.45) is 1.82. The second-order valence-electron chi connectivity index (χ2n) is 5.44. The molecule has 9 nitrogen and oxygen atoms in total. The van der Waals surface area contributed by atoms with Crippen molar-refractivity contribution in [1.82, 2.24) is 4.72 Å². The average molecular weight is 418 g/mol. The Morgan fingerprint density at radius 2 is 1.81 bits per heavy atom. The molecule has 1 aromatic rings. The van der Waals surface area contributed by atoms with Crippen LogP contribution in [0.3, 0.4) is 0 Å². The highest BCUT2D eigenvalue weighted by molar-refractivity contribution is 7.98. The second-order valence-corrected chi connectivity index (χ2v) is 8.14. The van der Waals surface area contributed by atoms with Gasteiger partial charge in [-0.1, -0.05) is 0 Å². The van der Waals surface area contributed by atoms with Crippen molar-refractivity contribution in [2.75, 3.05) is 24.4 Å². The molecular formula is C16H22N2O7S2. The van der Waals surface area contributed by atoms with Gasteiger partial charge < -0.3 is 15.2 Å². The predicted molar refractivity (Wildman–Crippen MR) is 101 cm³/mol. The van der Waals surface area contributed by atoms with Gasteiger partial charge in [-0.2, -0.15) is 16.5 Å². The van der Waals surface area contributed by atoms with Crippen molar-refractivity contribution in [1.29, 1.82) is 0 Å². The number of thioether (sulfide) groups is 1. The molecule has 0 saturated heterocycles. The predicted octanol–water partition coefficient (Wildman–Crippen LogP) is 1.06. The number of rotatable bonds is 11. The number of hydrogen-bond acceptors (Lipinski definition) is 7. The van der Waals surface area contributed by atoms with Gasteiger partial charge in [-0.15, -0.1) is 0 Å². The molecule has 0 aromatic heterocycles. The van der Waals surface area contributed by atoms with E-state index in [2.05, 4.69) is 14.8 Å². The summed E-state index contributed by atoms with van der Waals surface area (Å²) in [6.45, 7) is 0. The van der Waals surface area contributed by atoms with E-state index in [0.717, 1.165) is 0 Å². The van der Waals surface area contributed by atoms with Crippen molar-refractivity contribution in [3.63, 3.8) is 0 Å². The minimum absolute atomic E-state index is 0.0641. The first-order valence-corrected chi connectivity index (χ1v) is 10.8. The first kappa shape index (κ1) is 22.9. The molecule has 150 valence electrons. The number of benzene rings is 1. The van der Waals surface area contributed by atoms with E-state index in [0.29, 0.717) is 11.4 Å². The maximum Gasteiger partial charge on any atom is 0.321 e. The van der Waals surface area contributed by atoms with E-state index in [-0.39, 0.29) is 24.2 Å². The number of hydrogen-bond donors (Lipinski definition) is 3. The molecule has 0 radical (unpaired) electrons. The van der Waals surface area contributed by atoms with Gasteiger partial charge >= 0.3 is 11.9 Å². The Morgan fingerprint density at radius 1 is 1.19 bits per heavy atom. The Labute approximate surface area is 161 Å². The summed E-state index contributed by atoms with van der Waals surface area (Å²) in [5.74, 6) is -1.68. The van der Waals surface area contributed by atoms with Crippen LogP contribution >= 0.6 is 11.8 Å². The lowest BCUT2D eigenvalue weighted by Crippen LogP contribution is -2.41. The number of anilines is 1. The number of carboxylic acid groups (broad SMARTS) is 1. The Morgan fingerprint density at radius 3 is 2.33 bits per heavy atom. The summed E-state index contributed by atoms with van der Waals surface area (Å²) < 4.78 is 31.3. The quantitative estimate of drug-likeness (QED) is 0.454. The van der Waals surface area contributed by atoms with Crippen LogP contribution in [0.5, 0.6) is 0 Å². The van der Waals surface area contributed by atoms with E-state index in [1.165, 1.54) is 43.1 Å². The average Bonchev–Trinajstić information content (AvgIpc) is 2.63. The maximum atomic E-state index is 12.3. The largest absolute Gasteiger partial charge is 0.480 e. The summed E-state index contributed by atoms with van der Waals surface area (Å²) in [6, 6.07) is 4.04. The van der Waals surface area contributed by atoms with Crippen LogP contribution in [0.4, 0.5) is 5.69 Å². The summed E-state index contributed by atoms with van der Waals surface area (Å²) >= 11 is 1.42. The lowest BCUT2D eigenvalue weighted by Gasteiger charge is -2.14. The van der Waals surface area contributed by atoms with Gasteiger partial charge in [0.15, 0.2) is 0 Å². The number of sulfonamides is 1. The van der Waals surface area contributed by atoms with E-state index in [9.17, 15) is 22.8 Å². The van der Waals surface area contributed by atoms with Crippen LogP contribution < -0.4 is 10.0 Å². The van der Waals surface area contributed by atoms with Gasteiger partial charge in [0, 0.05) is 12.1 Å². The lowest BCUT2D eigenvalue weighted by atomic mass is 10.2. The van der Waals surface area contributed by atoms with Crippen LogP contribution in [0, 0.1) is 0 Å². The van der Waals surface area contributed by atoms with Crippen LogP contribution in [-0.4, -0.2) is 56.5 Å². The molecule has 0 aliphatic carbocycles. The SMILES string of the molecule is COC(=O)CCC(=O)Nc1ccc(S(=O)(=O)N[C@@H](CCSC)C(=O)O)cc1. The normalized spacial score (nSPS) is 12.2. The van der Waals surface area contributed by atoms with Crippen LogP contribution in [0.1, 0.15) is 19.3 Å². The number of methoxy groups -OCH3 is 1. The van der Waals surface area contributed by atoms with Gasteiger partial charge in [-0.3, -0.25) is 14.4 Å². The van der Waals surface area contributed by atoms with Crippen molar-refractivity contribution >= 4 is 45.3 Å². The number of esters is 1. The molecule has 27 heavy (non-hydrogen) atoms. The highest BCUT2D eigenvalue weighted by atomic mass is 32.2. The minimum Gasteiger partial charge on any atom is -0.480 e. The van der Waals surface area contributed by atoms with Gasteiger partial charge in [-0.25, -0.2) is 8.42 Å². The molecule has 0 bridgehead atoms. The molecule has 0 unspecified atom stereocenters. The monoisotopic (exact) mass is 418 g/mol. The molecular weight excluding hydrogens is 396 g/mol. The molecule has 1 aromatic carbocycles. The Kier molecular flexibility index (Phi) is 9.26. The topological polar surface area (TPSA) is 139 Å². The highest BCUT2D eigenvalue weighted by Gasteiger charge is 2.25. The third-order valence-corrected chi connectivity index (χ3v) is 5.57. The molecule has 3 N–H and O–H groups in total. The third-order valence-electron chi connectivity index (χ3n) is 3.44. The van der Waals surface area contributed by atoms with E-state index in [1.807, 2.05) is 0 Å². The molecule has 0 fully saturated rings. The number of carbonyl (C=O) groups excluding carboxylic acids is 2. The summed E-state index contributed by atoms with van der Waals surface area (Å²) in [5.41, 5.74) is 0.348. The van der Waals surface area contributed by atoms with Crippen LogP contribution in [-0.2, 0) is 29.1 Å². The minimum atomic E-state index is -4.02. The van der Waals surface area contributed by atoms with Crippen LogP contribution in [0.2, 0.25) is 0 Å². The number of aliphatic carboxylic acids is 1. The zero-order valence-electron chi connectivity index (χ0n) is 14.9. The molecule has 1 amide bonds. The molecule has 1 atom stereocenters. The van der Waals surface area contributed by atoms with Gasteiger partial charge in [-0.05, 0) is 42.7 Å². The molecule has 0 spiro atoms. The first-order chi connectivity index (χ1) is 12.7. The number of ether oxygens (including phenoxy) is 1. The fourth-order valence-corrected chi connectivity index (χ4v) is 3.68. The molecule has 11 heteroatoms. The van der Waals surface area contributed by atoms with Crippen LogP contribution in [0.25, 0.3) is 0 Å². The highest BCUT2D eigenvalue weighted by Crippen LogP contribution is 2.16. The fourth-order valence-electron chi connectivity index (χ4n) is 1.98. The van der Waals surface area contributed by atoms with Gasteiger partial charge in [0.2, 0.25) is 15.9 Å². The van der Waals surface area contributed by atoms with Gasteiger partial charge in [0.05, 0.1) is 18.4 Å². The van der Waals surface area contributed by atoms with Crippen molar-refractivity contribution in [3.8, 4) is 0 Å². The molecule has 1 rings (SSSR count). The van der Waals surface area contributed by atoms with E-state index >= 15 is 0 Å². The fraction of sp³-hybridized carbons (Fsp3) is 0.438. The van der Waals surface area contributed by atoms with Crippen molar-refractivity contribution in [3.05, 3.63) is 24.3 Å². The number of carbonyl (C=O) groups is 3. The van der Waals surface area contributed by atoms with Crippen molar-refractivity contribution in [2.24, 2.45) is 0 Å². The van der Waals surface area contributed by atoms with Crippen molar-refractivity contribution in [2.45, 2.75) is 30.2 Å². The zero-order valence-corrected chi connectivity index (χ0v) is 16.6. The molecule has 0 aliphatic rings. The summed E-state index contributed by atoms with van der Waals surface area (Å²) in [7, 11) is -2.79. The van der Waals surface area contributed by atoms with E-state index < -0.39 is 33.9 Å². The summed E-state index contributed by atoms with van der Waals surface area (Å²) in [4.78, 5) is 33.8. The van der Waals surface area contributed by atoms with Crippen LogP contribution in [0.15, 0.2) is 29.2 Å². The van der Waals surface area contributed by atoms with Gasteiger partial charge in [0.25, 0.3) is 0 Å². The Bertz CT molecular complexity index is 763. The second kappa shape index (κ2) is 10.9. The van der Waals surface area contributed by atoms with Crippen molar-refractivity contribution < 1.29 is 32.6 Å². The number of carboxylic acids is 1. The molecule has 0 saturated carbocycles. The molecule has 0 heterocycles. The van der Waals surface area contributed by atoms with Gasteiger partial charge in [0.1, 0.15) is 6.04 Å². The lowest BCUT2D eigenvalue weighted by molar-refractivity contribution is -0.141. The summed E-state index contributed by atoms with van der Waals surface area (Å²) in [5, 5.41) is 11.7. The Hall–Kier alpha value is -2.11. The smallest absolute Gasteiger partial charge is 0.321 e. The first-order valence-electron chi connectivity index (χ1n) is 7.90. The zero-order chi connectivity index (χ0) is 20.4. The number of nitrogens with one attached hydrogen (secondary N) is 2. The van der Waals surface area contributed by atoms with E-state index in [1.54, 1.807) is 6.26 Å². The third kappa shape index (κ3) is 7.97. The standard InChI is InChI=1S/C16H22N2O7S2/c1-25-15(20)8-7-14(19)17-11-3-5-12(6-4-11)27(23,24)18-13(16(21)22)9-10-26-2/h3-6,13,18H,7-10H2,1-2H3,(H,17,19)(H,21,22)/t13-/m0/s1. The molecule has 0 aliphatic heterocycles. The van der Waals surface area contributed by atoms with E-state index in [4.69, 9.17) is 5.11 Å². The maximum absolute atomic E-state index is 12.3.